The van der Waals surface area contributed by atoms with Crippen molar-refractivity contribution in [1.29, 1.82) is 0 Å². The molecule has 2 heterocycles. The number of hydrogen-bond acceptors (Lipinski definition) is 5. The van der Waals surface area contributed by atoms with Gasteiger partial charge in [0.2, 0.25) is 5.95 Å². The third kappa shape index (κ3) is 4.90. The van der Waals surface area contributed by atoms with Crippen molar-refractivity contribution < 1.29 is 18.7 Å². The summed E-state index contributed by atoms with van der Waals surface area (Å²) in [6.45, 7) is 2.25. The number of imidazole rings is 1. The Balaban J connectivity index is 1.44. The van der Waals surface area contributed by atoms with Crippen LogP contribution >= 0.6 is 15.9 Å². The number of aromatic nitrogens is 3. The first-order valence-corrected chi connectivity index (χ1v) is 13.6. The number of nitrogens with one attached hydrogen (secondary N) is 1. The van der Waals surface area contributed by atoms with E-state index in [2.05, 4.69) is 21.2 Å². The lowest BCUT2D eigenvalue weighted by Crippen LogP contribution is -2.23. The maximum atomic E-state index is 14.4. The zero-order valence-corrected chi connectivity index (χ0v) is 21.9. The molecule has 0 spiro atoms. The van der Waals surface area contributed by atoms with E-state index in [4.69, 9.17) is 14.7 Å². The van der Waals surface area contributed by atoms with E-state index < -0.39 is 11.7 Å². The van der Waals surface area contributed by atoms with Crippen molar-refractivity contribution in [2.24, 2.45) is 5.92 Å². The topological polar surface area (TPSA) is 86.1 Å². The minimum atomic E-state index is -0.593. The van der Waals surface area contributed by atoms with E-state index in [-0.39, 0.29) is 29.4 Å². The van der Waals surface area contributed by atoms with Crippen LogP contribution in [0.1, 0.15) is 86.3 Å². The molecule has 2 fully saturated rings. The quantitative estimate of drug-likeness (QED) is 0.348. The molecule has 2 aliphatic rings. The smallest absolute Gasteiger partial charge is 0.308 e. The second-order valence-electron chi connectivity index (χ2n) is 9.67. The number of carbonyl (C=O) groups excluding carboxylic acids is 2. The van der Waals surface area contributed by atoms with Gasteiger partial charge in [-0.1, -0.05) is 18.9 Å². The van der Waals surface area contributed by atoms with Crippen LogP contribution in [0.4, 0.5) is 10.3 Å². The lowest BCUT2D eigenvalue weighted by atomic mass is 9.80. The Morgan fingerprint density at radius 3 is 2.53 bits per heavy atom. The van der Waals surface area contributed by atoms with Crippen LogP contribution in [0.3, 0.4) is 0 Å². The molecule has 2 aliphatic carbocycles. The summed E-state index contributed by atoms with van der Waals surface area (Å²) < 4.78 is 22.1. The first-order chi connectivity index (χ1) is 17.5. The molecule has 2 saturated carbocycles. The van der Waals surface area contributed by atoms with Gasteiger partial charge in [0.05, 0.1) is 18.1 Å². The van der Waals surface area contributed by atoms with Gasteiger partial charge in [-0.3, -0.25) is 19.5 Å². The summed E-state index contributed by atoms with van der Waals surface area (Å²) >= 11 is 3.29. The van der Waals surface area contributed by atoms with E-state index in [0.717, 1.165) is 62.7 Å². The zero-order valence-electron chi connectivity index (χ0n) is 20.3. The molecular formula is C27H30BrFN4O3. The fourth-order valence-electron chi connectivity index (χ4n) is 5.58. The number of nitrogens with zero attached hydrogens (tertiary/aromatic N) is 3. The van der Waals surface area contributed by atoms with E-state index in [9.17, 15) is 14.0 Å². The Kier molecular flexibility index (Phi) is 7.37. The molecule has 1 N–H and O–H groups in total. The molecule has 2 aromatic heterocycles. The average molecular weight is 557 g/mol. The van der Waals surface area contributed by atoms with Crippen molar-refractivity contribution >= 4 is 44.9 Å². The normalized spacial score (nSPS) is 20.5. The van der Waals surface area contributed by atoms with Gasteiger partial charge in [-0.2, -0.15) is 0 Å². The Labute approximate surface area is 218 Å². The molecule has 9 heteroatoms. The maximum Gasteiger partial charge on any atom is 0.308 e. The van der Waals surface area contributed by atoms with Crippen molar-refractivity contribution in [2.75, 3.05) is 11.9 Å². The largest absolute Gasteiger partial charge is 0.466 e. The Hall–Kier alpha value is -2.81. The lowest BCUT2D eigenvalue weighted by molar-refractivity contribution is -0.149. The van der Waals surface area contributed by atoms with Gasteiger partial charge in [-0.25, -0.2) is 14.4 Å². The number of carbonyl (C=O) groups is 2. The number of fused-ring (bicyclic) bond motifs is 1. The molecule has 190 valence electrons. The van der Waals surface area contributed by atoms with Crippen molar-refractivity contribution in [1.82, 2.24) is 14.5 Å². The number of pyridine rings is 1. The maximum absolute atomic E-state index is 14.4. The highest BCUT2D eigenvalue weighted by molar-refractivity contribution is 9.10. The predicted octanol–water partition coefficient (Wildman–Crippen LogP) is 6.54. The summed E-state index contributed by atoms with van der Waals surface area (Å²) in [5.74, 6) is -0.613. The van der Waals surface area contributed by atoms with Crippen LogP contribution in [-0.2, 0) is 9.53 Å². The van der Waals surface area contributed by atoms with Gasteiger partial charge in [-0.05, 0) is 85.6 Å². The molecule has 0 atom stereocenters. The van der Waals surface area contributed by atoms with Crippen LogP contribution in [-0.4, -0.2) is 33.0 Å². The molecule has 5 rings (SSSR count). The van der Waals surface area contributed by atoms with Crippen LogP contribution in [0.25, 0.3) is 11.2 Å². The zero-order chi connectivity index (χ0) is 25.2. The van der Waals surface area contributed by atoms with E-state index in [0.29, 0.717) is 22.5 Å². The average Bonchev–Trinajstić information content (AvgIpc) is 3.51. The third-order valence-electron chi connectivity index (χ3n) is 7.43. The molecule has 1 aromatic carbocycles. The molecule has 36 heavy (non-hydrogen) atoms. The first-order valence-electron chi connectivity index (χ1n) is 12.8. The standard InChI is InChI=1S/C27H30BrFN4O3/c1-2-36-26(35)17-12-10-16(11-13-17)21-14-15-22-24(30-21)33(18-6-3-4-7-18)27(31-22)32-25(34)23-19(28)8-5-9-20(23)29/h5,8-9,14-18H,2-4,6-7,10-13H2,1H3,(H,31,32,34). The molecule has 0 saturated heterocycles. The predicted molar refractivity (Wildman–Crippen MR) is 138 cm³/mol. The van der Waals surface area contributed by atoms with Crippen LogP contribution < -0.4 is 5.32 Å². The fraction of sp³-hybridized carbons (Fsp3) is 0.481. The molecule has 0 unspecified atom stereocenters. The van der Waals surface area contributed by atoms with Gasteiger partial charge in [0.25, 0.3) is 5.91 Å². The second-order valence-corrected chi connectivity index (χ2v) is 10.5. The monoisotopic (exact) mass is 556 g/mol. The van der Waals surface area contributed by atoms with E-state index in [1.54, 1.807) is 12.1 Å². The van der Waals surface area contributed by atoms with Crippen LogP contribution in [0.15, 0.2) is 34.8 Å². The minimum Gasteiger partial charge on any atom is -0.466 e. The Morgan fingerprint density at radius 2 is 1.83 bits per heavy atom. The van der Waals surface area contributed by atoms with Crippen LogP contribution in [0, 0.1) is 11.7 Å². The van der Waals surface area contributed by atoms with E-state index in [1.165, 1.54) is 6.07 Å². The van der Waals surface area contributed by atoms with Gasteiger partial charge in [0.1, 0.15) is 11.3 Å². The molecular weight excluding hydrogens is 527 g/mol. The number of halogens is 2. The highest BCUT2D eigenvalue weighted by atomic mass is 79.9. The first kappa shape index (κ1) is 24.9. The molecule has 3 aromatic rings. The van der Waals surface area contributed by atoms with E-state index >= 15 is 0 Å². The fourth-order valence-corrected chi connectivity index (χ4v) is 6.10. The molecule has 1 amide bonds. The Morgan fingerprint density at radius 1 is 1.08 bits per heavy atom. The summed E-state index contributed by atoms with van der Waals surface area (Å²) in [5.41, 5.74) is 2.39. The number of amides is 1. The number of esters is 1. The summed E-state index contributed by atoms with van der Waals surface area (Å²) in [6, 6.07) is 8.59. The highest BCUT2D eigenvalue weighted by Gasteiger charge is 2.30. The van der Waals surface area contributed by atoms with Crippen molar-refractivity contribution in [3.63, 3.8) is 0 Å². The summed E-state index contributed by atoms with van der Waals surface area (Å²) in [5, 5.41) is 2.86. The summed E-state index contributed by atoms with van der Waals surface area (Å²) in [4.78, 5) is 34.9. The number of ether oxygens (including phenoxy) is 1. The van der Waals surface area contributed by atoms with Gasteiger partial charge in [0.15, 0.2) is 5.65 Å². The summed E-state index contributed by atoms with van der Waals surface area (Å²) in [6.07, 6.45) is 7.52. The molecule has 0 bridgehead atoms. The molecule has 0 aliphatic heterocycles. The Bertz CT molecular complexity index is 1260. The van der Waals surface area contributed by atoms with E-state index in [1.807, 2.05) is 23.6 Å². The summed E-state index contributed by atoms with van der Waals surface area (Å²) in [7, 11) is 0. The molecule has 0 radical (unpaired) electrons. The number of hydrogen-bond donors (Lipinski definition) is 1. The minimum absolute atomic E-state index is 0.0338. The van der Waals surface area contributed by atoms with Crippen LogP contribution in [0.2, 0.25) is 0 Å². The van der Waals surface area contributed by atoms with Gasteiger partial charge < -0.3 is 4.74 Å². The number of benzene rings is 1. The van der Waals surface area contributed by atoms with Crippen molar-refractivity contribution in [3.05, 3.63) is 51.9 Å². The van der Waals surface area contributed by atoms with Crippen molar-refractivity contribution in [3.8, 4) is 0 Å². The number of anilines is 1. The lowest BCUT2D eigenvalue weighted by Gasteiger charge is -2.27. The van der Waals surface area contributed by atoms with Gasteiger partial charge in [-0.15, -0.1) is 0 Å². The van der Waals surface area contributed by atoms with Gasteiger partial charge in [0, 0.05) is 22.1 Å². The second kappa shape index (κ2) is 10.7. The third-order valence-corrected chi connectivity index (χ3v) is 8.09. The molecule has 7 nitrogen and oxygen atoms in total. The number of rotatable bonds is 6. The van der Waals surface area contributed by atoms with Crippen molar-refractivity contribution in [2.45, 2.75) is 70.3 Å². The van der Waals surface area contributed by atoms with Crippen LogP contribution in [0.5, 0.6) is 0 Å². The van der Waals surface area contributed by atoms with Gasteiger partial charge >= 0.3 is 5.97 Å². The highest BCUT2D eigenvalue weighted by Crippen LogP contribution is 2.38. The SMILES string of the molecule is CCOC(=O)C1CCC(c2ccc3nc(NC(=O)c4c(F)cccc4Br)n(C4CCCC4)c3n2)CC1.